The van der Waals surface area contributed by atoms with Gasteiger partial charge >= 0.3 is 0 Å². The molecule has 0 aliphatic carbocycles. The van der Waals surface area contributed by atoms with Crippen LogP contribution < -0.4 is 0 Å². The Bertz CT molecular complexity index is 89.9. The number of hydrogen-bond donors (Lipinski definition) is 2. The monoisotopic (exact) mass is 1720 g/mol. The van der Waals surface area contributed by atoms with Gasteiger partial charge in [-0.3, -0.25) is 0 Å². The molecule has 0 aromatic rings. The maximum atomic E-state index is 10.3. The summed E-state index contributed by atoms with van der Waals surface area (Å²) in [6.45, 7) is 2.79. The summed E-state index contributed by atoms with van der Waals surface area (Å²) >= 11 is 0. The third-order valence-electron chi connectivity index (χ3n) is 0.0845. The number of halogens is 2. The number of rotatable bonds is 0. The predicted octanol–water partition coefficient (Wildman–Crippen LogP) is 1.58. The quantitative estimate of drug-likeness (QED) is 0.286. The first-order chi connectivity index (χ1) is 3.68. The molecule has 0 aliphatic rings. The van der Waals surface area contributed by atoms with Gasteiger partial charge in [0, 0.05) is 0 Å². The average Bonchev–Trinajstić information content (AvgIpc) is 1.69. The molecule has 0 aromatic carbocycles. The third-order valence-corrected chi connectivity index (χ3v) is 0.0845. The minimum absolute atomic E-state index is 0. The van der Waals surface area contributed by atoms with Crippen molar-refractivity contribution < 1.29 is 19.0 Å². The van der Waals surface area contributed by atoms with Crippen molar-refractivity contribution >= 4 is 0 Å². The SMILES string of the molecule is C=[C-]O.O[C-]=C(F)F.[Rf].[Rf].[Rf].[Rf].[Rf].[Rf]. The fourth-order valence-corrected chi connectivity index (χ4v) is 0. The van der Waals surface area contributed by atoms with Crippen LogP contribution in [0.25, 0.3) is 0 Å². The van der Waals surface area contributed by atoms with Gasteiger partial charge in [-0.25, -0.2) is 21.6 Å². The Kier molecular flexibility index (Phi) is 532. The van der Waals surface area contributed by atoms with Gasteiger partial charge in [0.25, 0.3) is 0 Å². The first kappa shape index (κ1) is 218. The molecular weight excluding hydrogens is 1720 g/mol. The summed E-state index contributed by atoms with van der Waals surface area (Å²) in [5.41, 5.74) is 0. The van der Waals surface area contributed by atoms with E-state index in [2.05, 4.69) is 6.58 Å². The van der Waals surface area contributed by atoms with Gasteiger partial charge in [0.05, 0.1) is 0 Å². The Hall–Kier alpha value is -7.06. The predicted molar refractivity (Wildman–Crippen MR) is 23.1 cm³/mol. The molecule has 60 valence electrons. The van der Waals surface area contributed by atoms with E-state index in [0.717, 1.165) is 0 Å². The van der Waals surface area contributed by atoms with Crippen molar-refractivity contribution in [2.75, 3.05) is 0 Å². The molecule has 0 saturated heterocycles. The Morgan fingerprint density at radius 1 is 0.857 bits per heavy atom. The Morgan fingerprint density at radius 3 is 0.929 bits per heavy atom. The molecule has 0 radical (unpaired) electrons. The average molecular weight is 1720 g/mol. The van der Waals surface area contributed by atoms with Crippen LogP contribution in [0.3, 0.4) is 0 Å². The van der Waals surface area contributed by atoms with Crippen LogP contribution in [0.5, 0.6) is 0 Å². The third kappa shape index (κ3) is 3.00. The Morgan fingerprint density at radius 2 is 0.929 bits per heavy atom. The summed E-state index contributed by atoms with van der Waals surface area (Å²) in [5.74, 6) is 0. The van der Waals surface area contributed by atoms with E-state index < -0.39 is 6.08 Å². The minimum Gasteiger partial charge on any atom is -0.706 e. The Balaban J connectivity index is -0.00000000626. The molecule has 0 unspecified atom stereocenters. The minimum atomic E-state index is -2.19. The van der Waals surface area contributed by atoms with Crippen LogP contribution in [-0.4, -0.2) is 10.2 Å². The molecule has 10 heteroatoms. The molecule has 2 nitrogen and oxygen atoms in total. The first-order valence-electron chi connectivity index (χ1n) is 1.43. The zero-order valence-corrected chi connectivity index (χ0v) is 46.5. The standard InChI is InChI=1S/C2HF2O.C2H3O.6Rf/c3-2(4)1-5;1-2-3;;;;;;/h5H;3H,1H2;;;;;;/q2*-1;;;;;;. The van der Waals surface area contributed by atoms with Gasteiger partial charge in [0.1, 0.15) is 6.08 Å². The summed E-state index contributed by atoms with van der Waals surface area (Å²) in [5, 5.41) is 14.3. The van der Waals surface area contributed by atoms with E-state index in [0.29, 0.717) is 6.26 Å². The molecule has 0 aromatic heterocycles. The zero-order chi connectivity index (χ0) is 6.99. The van der Waals surface area contributed by atoms with E-state index in [9.17, 15) is 8.78 Å². The van der Waals surface area contributed by atoms with Crippen molar-refractivity contribution in [1.82, 2.24) is 0 Å². The topological polar surface area (TPSA) is 40.5 Å². The van der Waals surface area contributed by atoms with Crippen molar-refractivity contribution in [3.05, 3.63) is 25.2 Å². The summed E-state index contributed by atoms with van der Waals surface area (Å²) in [4.78, 5) is 0. The van der Waals surface area contributed by atoms with Crippen molar-refractivity contribution in [3.63, 3.8) is 0 Å². The van der Waals surface area contributed by atoms with Crippen LogP contribution in [0.2, 0.25) is 0 Å². The van der Waals surface area contributed by atoms with Gasteiger partial charge < -0.3 is 16.5 Å². The molecule has 0 atom stereocenters. The van der Waals surface area contributed by atoms with E-state index in [1.54, 1.807) is 0 Å². The molecule has 0 heterocycles. The van der Waals surface area contributed by atoms with Gasteiger partial charge in [-0.05, 0) is 0 Å². The maximum Gasteiger partial charge on any atom is 0.126 e. The maximum absolute atomic E-state index is 10.3. The number of aliphatic hydroxyl groups is 2. The molecular formula is C4H4F2O2Rf6-2. The fourth-order valence-electron chi connectivity index (χ4n) is 0. The Labute approximate surface area is 45.4 Å². The number of aliphatic hydroxyl groups excluding tert-OH is 2. The van der Waals surface area contributed by atoms with Crippen LogP contribution in [-0.2, 0) is 0 Å². The molecule has 0 aliphatic heterocycles. The summed E-state index contributed by atoms with van der Waals surface area (Å²) in [6.07, 6.45) is -0.0787. The molecule has 0 fully saturated rings. The van der Waals surface area contributed by atoms with E-state index in [-0.39, 0.29) is 0 Å². The molecule has 2 N–H and O–H groups in total. The van der Waals surface area contributed by atoms with Crippen molar-refractivity contribution in [3.8, 4) is 0 Å². The summed E-state index contributed by atoms with van der Waals surface area (Å²) in [6, 6.07) is 0. The second-order valence-electron chi connectivity index (χ2n) is 0.530. The summed E-state index contributed by atoms with van der Waals surface area (Å²) in [7, 11) is 0. The van der Waals surface area contributed by atoms with Crippen molar-refractivity contribution in [1.29, 1.82) is 0 Å². The van der Waals surface area contributed by atoms with Crippen molar-refractivity contribution in [2.45, 2.75) is 0 Å². The van der Waals surface area contributed by atoms with E-state index in [1.807, 2.05) is 0 Å². The van der Waals surface area contributed by atoms with E-state index in [1.165, 1.54) is 6.26 Å². The normalized spacial score (nSPS) is 3.29. The molecule has 14 heavy (non-hydrogen) atoms. The summed E-state index contributed by atoms with van der Waals surface area (Å²) < 4.78 is 20.6. The van der Waals surface area contributed by atoms with Crippen LogP contribution in [0.4, 0.5) is 8.78 Å². The molecule has 0 spiro atoms. The van der Waals surface area contributed by atoms with Crippen LogP contribution in [0.15, 0.2) is 12.7 Å². The van der Waals surface area contributed by atoms with Crippen molar-refractivity contribution in [2.24, 2.45) is 0 Å². The smallest absolute Gasteiger partial charge is 0.126 e. The van der Waals surface area contributed by atoms with E-state index in [4.69, 9.17) is 10.2 Å². The number of hydrogen-bond acceptors (Lipinski definition) is 2. The van der Waals surface area contributed by atoms with Gasteiger partial charge in [-0.15, -0.1) is 0 Å². The molecule has 0 saturated carbocycles. The molecule has 0 amide bonds. The zero-order valence-electron chi connectivity index (χ0n) is 8.10. The van der Waals surface area contributed by atoms with Gasteiger partial charge in [0.2, 0.25) is 0 Å². The second kappa shape index (κ2) is 34.2. The van der Waals surface area contributed by atoms with Gasteiger partial charge in [0.15, 0.2) is 0 Å². The van der Waals surface area contributed by atoms with Gasteiger partial charge in [-0.2, -0.15) is 0 Å². The molecule has 0 bridgehead atoms. The second-order valence-corrected chi connectivity index (χ2v) is 0.530. The van der Waals surface area contributed by atoms with Crippen LogP contribution >= 0.6 is 0 Å². The fraction of sp³-hybridized carbons (Fsp3) is 0. The van der Waals surface area contributed by atoms with Gasteiger partial charge in [-0.1, -0.05) is 0 Å². The van der Waals surface area contributed by atoms with E-state index >= 15 is 0 Å². The molecule has 0 rings (SSSR count). The first-order valence-corrected chi connectivity index (χ1v) is 1.43. The largest absolute Gasteiger partial charge is 0.706 e. The van der Waals surface area contributed by atoms with Crippen LogP contribution in [0.1, 0.15) is 0 Å². The van der Waals surface area contributed by atoms with Crippen LogP contribution in [0, 0.1) is 12.5 Å².